The van der Waals surface area contributed by atoms with Gasteiger partial charge in [-0.1, -0.05) is 13.8 Å². The fourth-order valence-corrected chi connectivity index (χ4v) is 3.97. The Labute approximate surface area is 187 Å². The molecule has 0 heterocycles. The standard InChI is InChI=1S/C21H23Br2NO5/c1-5-28-20(26)11-19(25)24-13-8-16(22)21(17(23)9-13)29-14-6-7-18(27-4)15(10-14)12(2)3/h6-10,12H,5,11H2,1-4H3,(H,24,25). The van der Waals surface area contributed by atoms with E-state index in [1.807, 2.05) is 18.2 Å². The minimum Gasteiger partial charge on any atom is -0.496 e. The molecule has 8 heteroatoms. The molecule has 1 N–H and O–H groups in total. The largest absolute Gasteiger partial charge is 0.496 e. The predicted octanol–water partition coefficient (Wildman–Crippen LogP) is 6.03. The Morgan fingerprint density at radius 3 is 2.31 bits per heavy atom. The minimum absolute atomic E-state index is 0.235. The molecule has 2 aromatic rings. The van der Waals surface area contributed by atoms with E-state index in [1.165, 1.54) is 0 Å². The predicted molar refractivity (Wildman–Crippen MR) is 119 cm³/mol. The van der Waals surface area contributed by atoms with E-state index in [0.717, 1.165) is 11.3 Å². The summed E-state index contributed by atoms with van der Waals surface area (Å²) in [7, 11) is 1.64. The molecule has 29 heavy (non-hydrogen) atoms. The molecule has 0 spiro atoms. The van der Waals surface area contributed by atoms with Gasteiger partial charge in [-0.15, -0.1) is 0 Å². The minimum atomic E-state index is -0.566. The van der Waals surface area contributed by atoms with Crippen LogP contribution in [0.4, 0.5) is 5.69 Å². The molecule has 0 aromatic heterocycles. The third kappa shape index (κ3) is 6.47. The van der Waals surface area contributed by atoms with E-state index in [9.17, 15) is 9.59 Å². The Hall–Kier alpha value is -2.06. The Morgan fingerprint density at radius 1 is 1.10 bits per heavy atom. The lowest BCUT2D eigenvalue weighted by atomic mass is 10.0. The van der Waals surface area contributed by atoms with Gasteiger partial charge in [0.15, 0.2) is 5.75 Å². The Kier molecular flexibility index (Phi) is 8.52. The first-order valence-corrected chi connectivity index (χ1v) is 10.6. The van der Waals surface area contributed by atoms with Crippen LogP contribution < -0.4 is 14.8 Å². The summed E-state index contributed by atoms with van der Waals surface area (Å²) in [6.45, 7) is 6.09. The van der Waals surface area contributed by atoms with Crippen LogP contribution in [0.1, 0.15) is 38.7 Å². The number of halogens is 2. The smallest absolute Gasteiger partial charge is 0.315 e. The van der Waals surface area contributed by atoms with Crippen LogP contribution >= 0.6 is 31.9 Å². The molecule has 0 radical (unpaired) electrons. The van der Waals surface area contributed by atoms with Gasteiger partial charge in [0.25, 0.3) is 0 Å². The maximum Gasteiger partial charge on any atom is 0.315 e. The first kappa shape index (κ1) is 23.2. The number of esters is 1. The van der Waals surface area contributed by atoms with E-state index in [2.05, 4.69) is 51.0 Å². The highest BCUT2D eigenvalue weighted by molar-refractivity contribution is 9.11. The average molecular weight is 529 g/mol. The van der Waals surface area contributed by atoms with Gasteiger partial charge in [0.2, 0.25) is 5.91 Å². The molecule has 0 atom stereocenters. The zero-order valence-electron chi connectivity index (χ0n) is 16.7. The highest BCUT2D eigenvalue weighted by Crippen LogP contribution is 2.40. The molecular weight excluding hydrogens is 506 g/mol. The van der Waals surface area contributed by atoms with Crippen LogP contribution in [-0.2, 0) is 14.3 Å². The summed E-state index contributed by atoms with van der Waals surface area (Å²) in [5.41, 5.74) is 1.56. The van der Waals surface area contributed by atoms with Crippen LogP contribution in [0.5, 0.6) is 17.2 Å². The van der Waals surface area contributed by atoms with E-state index >= 15 is 0 Å². The zero-order chi connectivity index (χ0) is 21.6. The van der Waals surface area contributed by atoms with Crippen molar-refractivity contribution < 1.29 is 23.8 Å². The van der Waals surface area contributed by atoms with Crippen molar-refractivity contribution >= 4 is 49.4 Å². The number of carbonyl (C=O) groups is 2. The van der Waals surface area contributed by atoms with Crippen molar-refractivity contribution in [2.75, 3.05) is 19.0 Å². The molecule has 156 valence electrons. The number of rotatable bonds is 8. The van der Waals surface area contributed by atoms with Crippen molar-refractivity contribution in [3.05, 3.63) is 44.8 Å². The summed E-state index contributed by atoms with van der Waals surface area (Å²) in [4.78, 5) is 23.4. The quantitative estimate of drug-likeness (QED) is 0.334. The second-order valence-electron chi connectivity index (χ2n) is 6.46. The molecule has 1 amide bonds. The van der Waals surface area contributed by atoms with E-state index < -0.39 is 11.9 Å². The summed E-state index contributed by atoms with van der Waals surface area (Å²) < 4.78 is 17.5. The van der Waals surface area contributed by atoms with Gasteiger partial charge < -0.3 is 19.5 Å². The van der Waals surface area contributed by atoms with Crippen LogP contribution in [0.3, 0.4) is 0 Å². The van der Waals surface area contributed by atoms with Crippen LogP contribution in [-0.4, -0.2) is 25.6 Å². The number of carbonyl (C=O) groups excluding carboxylic acids is 2. The van der Waals surface area contributed by atoms with Crippen molar-refractivity contribution in [2.45, 2.75) is 33.1 Å². The van der Waals surface area contributed by atoms with Gasteiger partial charge in [0.05, 0.1) is 22.7 Å². The van der Waals surface area contributed by atoms with Crippen LogP contribution in [0.2, 0.25) is 0 Å². The molecule has 0 saturated carbocycles. The Balaban J connectivity index is 2.19. The van der Waals surface area contributed by atoms with Gasteiger partial charge in [-0.25, -0.2) is 0 Å². The Bertz CT molecular complexity index is 876. The number of benzene rings is 2. The lowest BCUT2D eigenvalue weighted by Gasteiger charge is -2.16. The summed E-state index contributed by atoms with van der Waals surface area (Å²) >= 11 is 6.95. The first-order chi connectivity index (χ1) is 13.7. The molecule has 6 nitrogen and oxygen atoms in total. The molecule has 0 unspecified atom stereocenters. The molecule has 0 aliphatic carbocycles. The molecular formula is C21H23Br2NO5. The summed E-state index contributed by atoms with van der Waals surface area (Å²) in [6.07, 6.45) is -0.342. The zero-order valence-corrected chi connectivity index (χ0v) is 19.8. The van der Waals surface area contributed by atoms with E-state index in [1.54, 1.807) is 26.2 Å². The SMILES string of the molecule is CCOC(=O)CC(=O)Nc1cc(Br)c(Oc2ccc(OC)c(C(C)C)c2)c(Br)c1. The van der Waals surface area contributed by atoms with E-state index in [0.29, 0.717) is 26.1 Å². The molecule has 0 aliphatic rings. The number of hydrogen-bond acceptors (Lipinski definition) is 5. The molecule has 2 aromatic carbocycles. The van der Waals surface area contributed by atoms with Crippen molar-refractivity contribution in [3.63, 3.8) is 0 Å². The van der Waals surface area contributed by atoms with Crippen LogP contribution in [0, 0.1) is 0 Å². The second kappa shape index (κ2) is 10.6. The number of amides is 1. The van der Waals surface area contributed by atoms with Crippen LogP contribution in [0.25, 0.3) is 0 Å². The topological polar surface area (TPSA) is 73.9 Å². The number of hydrogen-bond donors (Lipinski definition) is 1. The summed E-state index contributed by atoms with van der Waals surface area (Å²) in [5.74, 6) is 1.29. The van der Waals surface area contributed by atoms with Crippen molar-refractivity contribution in [2.24, 2.45) is 0 Å². The fraction of sp³-hybridized carbons (Fsp3) is 0.333. The monoisotopic (exact) mass is 527 g/mol. The second-order valence-corrected chi connectivity index (χ2v) is 8.17. The van der Waals surface area contributed by atoms with Gasteiger partial charge in [0.1, 0.15) is 17.9 Å². The van der Waals surface area contributed by atoms with Crippen molar-refractivity contribution in [3.8, 4) is 17.2 Å². The number of ether oxygens (including phenoxy) is 3. The fourth-order valence-electron chi connectivity index (χ4n) is 2.62. The van der Waals surface area contributed by atoms with Crippen molar-refractivity contribution in [1.29, 1.82) is 0 Å². The average Bonchev–Trinajstić information content (AvgIpc) is 2.64. The third-order valence-corrected chi connectivity index (χ3v) is 5.11. The van der Waals surface area contributed by atoms with Crippen LogP contribution in [0.15, 0.2) is 39.3 Å². The number of nitrogens with one attached hydrogen (secondary N) is 1. The van der Waals surface area contributed by atoms with Gasteiger partial charge >= 0.3 is 5.97 Å². The van der Waals surface area contributed by atoms with Crippen molar-refractivity contribution in [1.82, 2.24) is 0 Å². The number of methoxy groups -OCH3 is 1. The normalized spacial score (nSPS) is 10.6. The highest BCUT2D eigenvalue weighted by atomic mass is 79.9. The maximum atomic E-state index is 12.0. The van der Waals surface area contributed by atoms with E-state index in [4.69, 9.17) is 14.2 Å². The lowest BCUT2D eigenvalue weighted by Crippen LogP contribution is -2.18. The molecule has 0 bridgehead atoms. The maximum absolute atomic E-state index is 12.0. The summed E-state index contributed by atoms with van der Waals surface area (Å²) in [5, 5.41) is 2.67. The highest BCUT2D eigenvalue weighted by Gasteiger charge is 2.16. The Morgan fingerprint density at radius 2 is 1.76 bits per heavy atom. The molecule has 0 aliphatic heterocycles. The molecule has 2 rings (SSSR count). The third-order valence-electron chi connectivity index (χ3n) is 3.94. The molecule has 0 saturated heterocycles. The van der Waals surface area contributed by atoms with Gasteiger partial charge in [-0.2, -0.15) is 0 Å². The first-order valence-electron chi connectivity index (χ1n) is 9.05. The number of anilines is 1. The van der Waals surface area contributed by atoms with Gasteiger partial charge in [-0.05, 0) is 75.0 Å². The lowest BCUT2D eigenvalue weighted by molar-refractivity contribution is -0.145. The van der Waals surface area contributed by atoms with Gasteiger partial charge in [-0.3, -0.25) is 9.59 Å². The van der Waals surface area contributed by atoms with Gasteiger partial charge in [0, 0.05) is 11.3 Å². The summed E-state index contributed by atoms with van der Waals surface area (Å²) in [6, 6.07) is 9.05. The molecule has 0 fully saturated rings. The van der Waals surface area contributed by atoms with E-state index in [-0.39, 0.29) is 18.9 Å².